The van der Waals surface area contributed by atoms with Gasteiger partial charge >= 0.3 is 0 Å². The summed E-state index contributed by atoms with van der Waals surface area (Å²) in [5.41, 5.74) is 0. The number of rotatable bonds is 6. The predicted molar refractivity (Wildman–Crippen MR) is 60.2 cm³/mol. The number of aromatic nitrogens is 1. The topological polar surface area (TPSA) is 80.8 Å². The Balaban J connectivity index is 2.71. The summed E-state index contributed by atoms with van der Waals surface area (Å²) in [6.45, 7) is 1.06. The number of carbonyl (C=O) groups excluding carboxylic acids is 1. The Kier molecular flexibility index (Phi) is 4.97. The molecule has 0 aliphatic carbocycles. The number of hydrogen-bond acceptors (Lipinski definition) is 6. The zero-order valence-electron chi connectivity index (χ0n) is 8.59. The number of carbonyl (C=O) groups is 1. The van der Waals surface area contributed by atoms with E-state index in [1.165, 1.54) is 17.5 Å². The van der Waals surface area contributed by atoms with Gasteiger partial charge in [-0.15, -0.1) is 0 Å². The van der Waals surface area contributed by atoms with Gasteiger partial charge < -0.3 is 4.90 Å². The fourth-order valence-corrected chi connectivity index (χ4v) is 1.93. The Bertz CT molecular complexity index is 411. The summed E-state index contributed by atoms with van der Waals surface area (Å²) >= 11 is 1.27. The molecule has 0 aliphatic rings. The van der Waals surface area contributed by atoms with Crippen LogP contribution in [-0.4, -0.2) is 24.4 Å². The molecule has 0 atom stereocenters. The Labute approximate surface area is 97.6 Å². The molecule has 6 heteroatoms. The van der Waals surface area contributed by atoms with E-state index < -0.39 is 0 Å². The van der Waals surface area contributed by atoms with Gasteiger partial charge in [0.05, 0.1) is 36.1 Å². The highest BCUT2D eigenvalue weighted by Crippen LogP contribution is 2.21. The smallest absolute Gasteiger partial charge is 0.185 e. The van der Waals surface area contributed by atoms with Gasteiger partial charge in [-0.2, -0.15) is 10.5 Å². The number of hydrogen-bond donors (Lipinski definition) is 0. The molecule has 0 spiro atoms. The molecule has 16 heavy (non-hydrogen) atoms. The van der Waals surface area contributed by atoms with Gasteiger partial charge in [-0.1, -0.05) is 11.3 Å². The van der Waals surface area contributed by atoms with Crippen molar-refractivity contribution in [3.63, 3.8) is 0 Å². The first kappa shape index (κ1) is 12.2. The summed E-state index contributed by atoms with van der Waals surface area (Å²) in [4.78, 5) is 17.0. The highest BCUT2D eigenvalue weighted by Gasteiger charge is 2.10. The van der Waals surface area contributed by atoms with E-state index >= 15 is 0 Å². The summed E-state index contributed by atoms with van der Waals surface area (Å²) < 4.78 is 0. The van der Waals surface area contributed by atoms with E-state index in [1.54, 1.807) is 0 Å². The first-order valence-electron chi connectivity index (χ1n) is 4.71. The largest absolute Gasteiger partial charge is 0.346 e. The van der Waals surface area contributed by atoms with Gasteiger partial charge in [0.15, 0.2) is 11.4 Å². The van der Waals surface area contributed by atoms with Crippen LogP contribution in [0.15, 0.2) is 6.20 Å². The van der Waals surface area contributed by atoms with E-state index in [0.29, 0.717) is 35.9 Å². The van der Waals surface area contributed by atoms with Crippen LogP contribution in [0.5, 0.6) is 0 Å². The quantitative estimate of drug-likeness (QED) is 0.698. The minimum atomic E-state index is 0.376. The van der Waals surface area contributed by atoms with Crippen molar-refractivity contribution in [3.8, 4) is 12.1 Å². The third-order valence-electron chi connectivity index (χ3n) is 1.89. The minimum Gasteiger partial charge on any atom is -0.346 e. The van der Waals surface area contributed by atoms with Crippen LogP contribution in [-0.2, 0) is 0 Å². The molecule has 1 rings (SSSR count). The average Bonchev–Trinajstić information content (AvgIpc) is 2.78. The second kappa shape index (κ2) is 6.54. The van der Waals surface area contributed by atoms with E-state index in [4.69, 9.17) is 10.5 Å². The number of thiazole rings is 1. The van der Waals surface area contributed by atoms with Crippen LogP contribution in [0.2, 0.25) is 0 Å². The second-order valence-electron chi connectivity index (χ2n) is 2.97. The molecule has 0 radical (unpaired) electrons. The lowest BCUT2D eigenvalue weighted by atomic mass is 10.4. The summed E-state index contributed by atoms with van der Waals surface area (Å²) in [5.74, 6) is 0. The van der Waals surface area contributed by atoms with E-state index in [-0.39, 0.29) is 0 Å². The van der Waals surface area contributed by atoms with E-state index in [9.17, 15) is 4.79 Å². The Morgan fingerprint density at radius 1 is 1.38 bits per heavy atom. The summed E-state index contributed by atoms with van der Waals surface area (Å²) in [5, 5.41) is 17.7. The zero-order chi connectivity index (χ0) is 11.8. The van der Waals surface area contributed by atoms with Gasteiger partial charge in [-0.05, 0) is 0 Å². The molecule has 0 amide bonds. The lowest BCUT2D eigenvalue weighted by Gasteiger charge is -2.18. The molecule has 82 valence electrons. The number of nitrogens with zero attached hydrogens (tertiary/aromatic N) is 4. The number of anilines is 1. The Morgan fingerprint density at radius 2 is 2.00 bits per heavy atom. The van der Waals surface area contributed by atoms with Crippen molar-refractivity contribution in [1.29, 1.82) is 10.5 Å². The molecule has 5 nitrogen and oxygen atoms in total. The predicted octanol–water partition coefficient (Wildman–Crippen LogP) is 1.59. The lowest BCUT2D eigenvalue weighted by molar-refractivity contribution is 0.112. The van der Waals surface area contributed by atoms with Gasteiger partial charge in [0.25, 0.3) is 0 Å². The maximum Gasteiger partial charge on any atom is 0.185 e. The van der Waals surface area contributed by atoms with Crippen molar-refractivity contribution in [2.75, 3.05) is 18.0 Å². The van der Waals surface area contributed by atoms with Crippen molar-refractivity contribution < 1.29 is 4.79 Å². The third-order valence-corrected chi connectivity index (χ3v) is 2.87. The van der Waals surface area contributed by atoms with Crippen LogP contribution in [0.1, 0.15) is 22.5 Å². The minimum absolute atomic E-state index is 0.376. The SMILES string of the molecule is N#CCCN(CCC#N)c1ncc(C=O)s1. The molecule has 0 saturated heterocycles. The van der Waals surface area contributed by atoms with Gasteiger partial charge in [0.1, 0.15) is 0 Å². The van der Waals surface area contributed by atoms with Crippen molar-refractivity contribution in [3.05, 3.63) is 11.1 Å². The maximum absolute atomic E-state index is 10.5. The lowest BCUT2D eigenvalue weighted by Crippen LogP contribution is -2.25. The fraction of sp³-hybridized carbons (Fsp3) is 0.400. The monoisotopic (exact) mass is 234 g/mol. The molecular weight excluding hydrogens is 224 g/mol. The molecule has 0 aromatic carbocycles. The summed E-state index contributed by atoms with van der Waals surface area (Å²) in [6.07, 6.45) is 3.00. The molecular formula is C10H10N4OS. The molecule has 0 aliphatic heterocycles. The number of nitriles is 2. The molecule has 1 aromatic heterocycles. The van der Waals surface area contributed by atoms with Crippen LogP contribution >= 0.6 is 11.3 Å². The molecule has 1 heterocycles. The number of aldehydes is 1. The van der Waals surface area contributed by atoms with Gasteiger partial charge in [-0.25, -0.2) is 4.98 Å². The summed E-state index contributed by atoms with van der Waals surface area (Å²) in [7, 11) is 0. The standard InChI is InChI=1S/C10H10N4OS/c11-3-1-5-14(6-2-4-12)10-13-7-9(8-15)16-10/h7-8H,1-2,5-6H2. The van der Waals surface area contributed by atoms with Crippen LogP contribution < -0.4 is 4.90 Å². The first-order chi connectivity index (χ1) is 7.81. The average molecular weight is 234 g/mol. The van der Waals surface area contributed by atoms with E-state index in [1.807, 2.05) is 17.0 Å². The second-order valence-corrected chi connectivity index (χ2v) is 4.01. The Hall–Kier alpha value is -1.92. The highest BCUT2D eigenvalue weighted by molar-refractivity contribution is 7.17. The highest BCUT2D eigenvalue weighted by atomic mass is 32.1. The molecule has 0 bridgehead atoms. The van der Waals surface area contributed by atoms with Crippen molar-refractivity contribution >= 4 is 22.8 Å². The molecule has 1 aromatic rings. The van der Waals surface area contributed by atoms with Crippen molar-refractivity contribution in [2.24, 2.45) is 0 Å². The summed E-state index contributed by atoms with van der Waals surface area (Å²) in [6, 6.07) is 4.10. The van der Waals surface area contributed by atoms with Gasteiger partial charge in [0.2, 0.25) is 0 Å². The first-order valence-corrected chi connectivity index (χ1v) is 5.53. The molecule has 0 saturated carbocycles. The maximum atomic E-state index is 10.5. The molecule has 0 fully saturated rings. The normalized spacial score (nSPS) is 9.12. The van der Waals surface area contributed by atoms with Crippen LogP contribution in [0.4, 0.5) is 5.13 Å². The van der Waals surface area contributed by atoms with Crippen LogP contribution in [0, 0.1) is 22.7 Å². The Morgan fingerprint density at radius 3 is 2.44 bits per heavy atom. The molecule has 0 unspecified atom stereocenters. The van der Waals surface area contributed by atoms with Crippen LogP contribution in [0.3, 0.4) is 0 Å². The van der Waals surface area contributed by atoms with E-state index in [2.05, 4.69) is 4.98 Å². The zero-order valence-corrected chi connectivity index (χ0v) is 9.40. The van der Waals surface area contributed by atoms with Gasteiger partial charge in [0, 0.05) is 13.1 Å². The van der Waals surface area contributed by atoms with Crippen molar-refractivity contribution in [2.45, 2.75) is 12.8 Å². The van der Waals surface area contributed by atoms with Crippen LogP contribution in [0.25, 0.3) is 0 Å². The fourth-order valence-electron chi connectivity index (χ4n) is 1.15. The van der Waals surface area contributed by atoms with Gasteiger partial charge in [-0.3, -0.25) is 4.79 Å². The molecule has 0 N–H and O–H groups in total. The van der Waals surface area contributed by atoms with Crippen molar-refractivity contribution in [1.82, 2.24) is 4.98 Å². The third kappa shape index (κ3) is 3.34. The van der Waals surface area contributed by atoms with E-state index in [0.717, 1.165) is 6.29 Å².